The molecule has 2 rings (SSSR count). The van der Waals surface area contributed by atoms with Crippen LogP contribution in [0.25, 0.3) is 0 Å². The van der Waals surface area contributed by atoms with Gasteiger partial charge in [-0.05, 0) is 6.07 Å². The first kappa shape index (κ1) is 12.5. The van der Waals surface area contributed by atoms with Gasteiger partial charge in [-0.25, -0.2) is 27.6 Å². The molecule has 0 radical (unpaired) electrons. The maximum absolute atomic E-state index is 12.7. The Morgan fingerprint density at radius 2 is 2.22 bits per heavy atom. The van der Waals surface area contributed by atoms with E-state index in [9.17, 15) is 17.9 Å². The standard InChI is InChI=1S/C9H9FN4O3S/c10-7-2-1-6(8(15)3-7)4-13-18(16,17)9-11-5-12-14-9/h1-3,5,13,15H,4H2,(H,11,12,14). The number of aromatic amines is 1. The largest absolute Gasteiger partial charge is 0.508 e. The van der Waals surface area contributed by atoms with E-state index in [1.165, 1.54) is 6.07 Å². The first-order valence-electron chi connectivity index (χ1n) is 4.81. The first-order valence-corrected chi connectivity index (χ1v) is 6.30. The van der Waals surface area contributed by atoms with Gasteiger partial charge in [-0.15, -0.1) is 0 Å². The van der Waals surface area contributed by atoms with Crippen molar-refractivity contribution < 1.29 is 17.9 Å². The van der Waals surface area contributed by atoms with Crippen molar-refractivity contribution in [3.05, 3.63) is 35.9 Å². The number of benzene rings is 1. The Hall–Kier alpha value is -2.00. The Bertz CT molecular complexity index is 642. The van der Waals surface area contributed by atoms with Crippen LogP contribution in [0.5, 0.6) is 5.75 Å². The van der Waals surface area contributed by atoms with Crippen molar-refractivity contribution in [1.82, 2.24) is 19.9 Å². The SMILES string of the molecule is O=S(=O)(NCc1ccc(F)cc1O)c1ncn[nH]1. The minimum Gasteiger partial charge on any atom is -0.508 e. The third-order valence-corrected chi connectivity index (χ3v) is 3.38. The van der Waals surface area contributed by atoms with Gasteiger partial charge in [0.05, 0.1) is 0 Å². The zero-order valence-electron chi connectivity index (χ0n) is 8.96. The second-order valence-electron chi connectivity index (χ2n) is 3.39. The number of hydrogen-bond donors (Lipinski definition) is 3. The Kier molecular flexibility index (Phi) is 3.26. The minimum atomic E-state index is -3.83. The van der Waals surface area contributed by atoms with Crippen LogP contribution in [-0.4, -0.2) is 28.7 Å². The summed E-state index contributed by atoms with van der Waals surface area (Å²) in [7, 11) is -3.83. The van der Waals surface area contributed by atoms with E-state index in [1.54, 1.807) is 0 Å². The summed E-state index contributed by atoms with van der Waals surface area (Å²) in [6.07, 6.45) is 1.06. The van der Waals surface area contributed by atoms with Crippen LogP contribution in [0.2, 0.25) is 0 Å². The van der Waals surface area contributed by atoms with Gasteiger partial charge in [-0.1, -0.05) is 6.07 Å². The number of aromatic nitrogens is 3. The molecule has 0 fully saturated rings. The van der Waals surface area contributed by atoms with E-state index < -0.39 is 15.8 Å². The van der Waals surface area contributed by atoms with Crippen LogP contribution in [0.1, 0.15) is 5.56 Å². The van der Waals surface area contributed by atoms with Crippen molar-refractivity contribution in [2.75, 3.05) is 0 Å². The van der Waals surface area contributed by atoms with Gasteiger partial charge in [0.1, 0.15) is 17.9 Å². The van der Waals surface area contributed by atoms with E-state index in [1.807, 2.05) is 0 Å². The predicted molar refractivity (Wildman–Crippen MR) is 58.5 cm³/mol. The zero-order chi connectivity index (χ0) is 13.2. The van der Waals surface area contributed by atoms with E-state index in [4.69, 9.17) is 0 Å². The van der Waals surface area contributed by atoms with Gasteiger partial charge in [-0.2, -0.15) is 5.10 Å². The van der Waals surface area contributed by atoms with E-state index in [-0.39, 0.29) is 23.0 Å². The number of aromatic hydroxyl groups is 1. The van der Waals surface area contributed by atoms with Gasteiger partial charge in [0.25, 0.3) is 15.2 Å². The molecule has 0 saturated heterocycles. The summed E-state index contributed by atoms with van der Waals surface area (Å²) in [5, 5.41) is 14.7. The summed E-state index contributed by atoms with van der Waals surface area (Å²) in [4.78, 5) is 3.50. The third-order valence-electron chi connectivity index (χ3n) is 2.15. The molecular weight excluding hydrogens is 263 g/mol. The smallest absolute Gasteiger partial charge is 0.276 e. The molecule has 1 aromatic heterocycles. The van der Waals surface area contributed by atoms with Crippen LogP contribution < -0.4 is 4.72 Å². The molecule has 0 unspecified atom stereocenters. The highest BCUT2D eigenvalue weighted by Crippen LogP contribution is 2.18. The van der Waals surface area contributed by atoms with Crippen LogP contribution >= 0.6 is 0 Å². The fourth-order valence-corrected chi connectivity index (χ4v) is 2.09. The topological polar surface area (TPSA) is 108 Å². The molecule has 3 N–H and O–H groups in total. The van der Waals surface area contributed by atoms with Gasteiger partial charge in [0, 0.05) is 18.2 Å². The Balaban J connectivity index is 2.13. The number of H-pyrrole nitrogens is 1. The first-order chi connectivity index (χ1) is 8.49. The number of phenolic OH excluding ortho intramolecular Hbond substituents is 1. The predicted octanol–water partition coefficient (Wildman–Crippen LogP) is 0.128. The average molecular weight is 272 g/mol. The summed E-state index contributed by atoms with van der Waals surface area (Å²) in [6.45, 7) is -0.185. The fourth-order valence-electron chi connectivity index (χ4n) is 1.25. The van der Waals surface area contributed by atoms with Crippen LogP contribution in [0, 0.1) is 5.82 Å². The van der Waals surface area contributed by atoms with E-state index >= 15 is 0 Å². The lowest BCUT2D eigenvalue weighted by atomic mass is 10.2. The number of sulfonamides is 1. The van der Waals surface area contributed by atoms with E-state index in [0.29, 0.717) is 0 Å². The van der Waals surface area contributed by atoms with Gasteiger partial charge in [0.15, 0.2) is 0 Å². The summed E-state index contributed by atoms with van der Waals surface area (Å²) in [5.74, 6) is -0.926. The van der Waals surface area contributed by atoms with Crippen LogP contribution in [0.3, 0.4) is 0 Å². The van der Waals surface area contributed by atoms with Crippen LogP contribution in [0.15, 0.2) is 29.7 Å². The number of nitrogens with one attached hydrogen (secondary N) is 2. The number of rotatable bonds is 4. The number of hydrogen-bond acceptors (Lipinski definition) is 5. The molecule has 96 valence electrons. The van der Waals surface area contributed by atoms with Gasteiger partial charge >= 0.3 is 0 Å². The molecule has 0 spiro atoms. The lowest BCUT2D eigenvalue weighted by Gasteiger charge is -2.06. The van der Waals surface area contributed by atoms with Gasteiger partial charge in [-0.3, -0.25) is 0 Å². The fraction of sp³-hybridized carbons (Fsp3) is 0.111. The highest BCUT2D eigenvalue weighted by molar-refractivity contribution is 7.89. The normalized spacial score (nSPS) is 11.6. The highest BCUT2D eigenvalue weighted by atomic mass is 32.2. The van der Waals surface area contributed by atoms with Crippen LogP contribution in [0.4, 0.5) is 4.39 Å². The molecule has 2 aromatic rings. The van der Waals surface area contributed by atoms with Crippen molar-refractivity contribution in [3.63, 3.8) is 0 Å². The quantitative estimate of drug-likeness (QED) is 0.733. The molecule has 0 bridgehead atoms. The second kappa shape index (κ2) is 4.70. The van der Waals surface area contributed by atoms with E-state index in [2.05, 4.69) is 19.9 Å². The Morgan fingerprint density at radius 1 is 1.44 bits per heavy atom. The lowest BCUT2D eigenvalue weighted by Crippen LogP contribution is -2.24. The number of halogens is 1. The molecule has 0 saturated carbocycles. The summed E-state index contributed by atoms with van der Waals surface area (Å²) >= 11 is 0. The van der Waals surface area contributed by atoms with E-state index in [0.717, 1.165) is 18.5 Å². The van der Waals surface area contributed by atoms with Crippen LogP contribution in [-0.2, 0) is 16.6 Å². The molecule has 1 heterocycles. The van der Waals surface area contributed by atoms with Crippen molar-refractivity contribution in [2.45, 2.75) is 11.7 Å². The van der Waals surface area contributed by atoms with Crippen molar-refractivity contribution in [1.29, 1.82) is 0 Å². The molecule has 18 heavy (non-hydrogen) atoms. The average Bonchev–Trinajstić information content (AvgIpc) is 2.82. The maximum atomic E-state index is 12.7. The minimum absolute atomic E-state index is 0.185. The van der Waals surface area contributed by atoms with Gasteiger partial charge < -0.3 is 5.11 Å². The summed E-state index contributed by atoms with van der Waals surface area (Å²) in [6, 6.07) is 3.31. The third kappa shape index (κ3) is 2.63. The molecular formula is C9H9FN4O3S. The van der Waals surface area contributed by atoms with Gasteiger partial charge in [0.2, 0.25) is 0 Å². The molecule has 1 aromatic carbocycles. The molecule has 0 aliphatic rings. The Morgan fingerprint density at radius 3 is 2.83 bits per heavy atom. The molecule has 0 aliphatic heterocycles. The summed E-state index contributed by atoms with van der Waals surface area (Å²) in [5.41, 5.74) is 0.250. The number of phenols is 1. The maximum Gasteiger partial charge on any atom is 0.276 e. The highest BCUT2D eigenvalue weighted by Gasteiger charge is 2.17. The summed E-state index contributed by atoms with van der Waals surface area (Å²) < 4.78 is 38.2. The zero-order valence-corrected chi connectivity index (χ0v) is 9.78. The second-order valence-corrected chi connectivity index (χ2v) is 5.07. The Labute approximate surface area is 102 Å². The van der Waals surface area contributed by atoms with Crippen molar-refractivity contribution >= 4 is 10.0 Å². The number of nitrogens with zero attached hydrogens (tertiary/aromatic N) is 2. The molecule has 7 nitrogen and oxygen atoms in total. The monoisotopic (exact) mass is 272 g/mol. The lowest BCUT2D eigenvalue weighted by molar-refractivity contribution is 0.461. The molecule has 0 atom stereocenters. The molecule has 9 heteroatoms. The molecule has 0 amide bonds. The van der Waals surface area contributed by atoms with Crippen molar-refractivity contribution in [3.8, 4) is 5.75 Å². The molecule has 0 aliphatic carbocycles. The van der Waals surface area contributed by atoms with Crippen molar-refractivity contribution in [2.24, 2.45) is 0 Å².